The summed E-state index contributed by atoms with van der Waals surface area (Å²) in [5.41, 5.74) is 1.92. The van der Waals surface area contributed by atoms with Gasteiger partial charge in [-0.2, -0.15) is 0 Å². The highest BCUT2D eigenvalue weighted by atomic mass is 32.1. The van der Waals surface area contributed by atoms with Gasteiger partial charge in [-0.1, -0.05) is 31.3 Å². The molecule has 0 saturated heterocycles. The third-order valence-electron chi connectivity index (χ3n) is 6.31. The van der Waals surface area contributed by atoms with Gasteiger partial charge in [0.15, 0.2) is 16.9 Å². The van der Waals surface area contributed by atoms with Crippen molar-refractivity contribution < 1.29 is 23.4 Å². The van der Waals surface area contributed by atoms with Crippen LogP contribution in [0.5, 0.6) is 17.2 Å². The van der Waals surface area contributed by atoms with Crippen molar-refractivity contribution in [3.05, 3.63) is 68.0 Å². The highest BCUT2D eigenvalue weighted by molar-refractivity contribution is 7.15. The summed E-state index contributed by atoms with van der Waals surface area (Å²) in [7, 11) is 4.54. The van der Waals surface area contributed by atoms with E-state index in [4.69, 9.17) is 18.6 Å². The second-order valence-electron chi connectivity index (χ2n) is 8.23. The summed E-state index contributed by atoms with van der Waals surface area (Å²) in [6, 6.07) is 8.08. The minimum Gasteiger partial charge on any atom is -0.493 e. The van der Waals surface area contributed by atoms with Crippen molar-refractivity contribution in [2.75, 3.05) is 26.2 Å². The number of methoxy groups -OCH3 is 3. The molecule has 2 aromatic carbocycles. The van der Waals surface area contributed by atoms with Gasteiger partial charge in [-0.25, -0.2) is 0 Å². The summed E-state index contributed by atoms with van der Waals surface area (Å²) in [4.78, 5) is 29.2. The molecule has 186 valence electrons. The van der Waals surface area contributed by atoms with Gasteiger partial charge in [0, 0.05) is 0 Å². The SMILES string of the molecule is CCc1ccc2oc3c(c(=O)c2c1)C(c1cc(OC)c(OC)c(OC)c1)N(c1nnc(CC)s1)C3=O. The number of carbonyl (C=O) groups is 1. The molecule has 0 bridgehead atoms. The Morgan fingerprint density at radius 3 is 2.28 bits per heavy atom. The van der Waals surface area contributed by atoms with Gasteiger partial charge in [0.25, 0.3) is 5.91 Å². The number of hydrogen-bond donors (Lipinski definition) is 0. The highest BCUT2D eigenvalue weighted by Crippen LogP contribution is 2.46. The Labute approximate surface area is 211 Å². The van der Waals surface area contributed by atoms with Gasteiger partial charge >= 0.3 is 0 Å². The van der Waals surface area contributed by atoms with E-state index >= 15 is 0 Å². The average Bonchev–Trinajstić information content (AvgIpc) is 3.50. The first-order valence-electron chi connectivity index (χ1n) is 11.5. The van der Waals surface area contributed by atoms with Crippen LogP contribution < -0.4 is 24.5 Å². The second-order valence-corrected chi connectivity index (χ2v) is 9.27. The molecule has 0 aliphatic carbocycles. The molecule has 5 rings (SSSR count). The molecule has 0 saturated carbocycles. The van der Waals surface area contributed by atoms with Crippen molar-refractivity contribution in [2.45, 2.75) is 32.7 Å². The topological polar surface area (TPSA) is 104 Å². The number of rotatable bonds is 7. The van der Waals surface area contributed by atoms with Gasteiger partial charge in [0.05, 0.1) is 38.3 Å². The normalized spacial score (nSPS) is 14.9. The standard InChI is InChI=1S/C26H25N3O6S/c1-6-13-8-9-16-15(10-13)22(30)20-21(14-11-17(32-3)23(34-5)18(12-14)33-4)29(25(31)24(20)35-16)26-28-27-19(7-2)36-26/h8-12,21H,6-7H2,1-5H3. The number of carbonyl (C=O) groups excluding carboxylic acids is 1. The van der Waals surface area contributed by atoms with Gasteiger partial charge in [0.2, 0.25) is 16.6 Å². The summed E-state index contributed by atoms with van der Waals surface area (Å²) in [6.45, 7) is 3.98. The molecule has 2 aromatic heterocycles. The molecular weight excluding hydrogens is 482 g/mol. The number of amides is 1. The number of fused-ring (bicyclic) bond motifs is 2. The van der Waals surface area contributed by atoms with Crippen molar-refractivity contribution in [2.24, 2.45) is 0 Å². The molecule has 1 amide bonds. The molecule has 4 aromatic rings. The number of benzene rings is 2. The minimum absolute atomic E-state index is 0.0104. The summed E-state index contributed by atoms with van der Waals surface area (Å²) in [5.74, 6) is 0.738. The molecule has 1 aliphatic rings. The summed E-state index contributed by atoms with van der Waals surface area (Å²) in [5, 5.41) is 10.0. The molecular formula is C26H25N3O6S. The zero-order valence-corrected chi connectivity index (χ0v) is 21.4. The maximum absolute atomic E-state index is 13.9. The van der Waals surface area contributed by atoms with Crippen molar-refractivity contribution in [3.63, 3.8) is 0 Å². The van der Waals surface area contributed by atoms with Gasteiger partial charge in [0.1, 0.15) is 10.6 Å². The molecule has 10 heteroatoms. The first kappa shape index (κ1) is 23.8. The van der Waals surface area contributed by atoms with Crippen LogP contribution >= 0.6 is 11.3 Å². The number of aryl methyl sites for hydroxylation is 2. The number of anilines is 1. The lowest BCUT2D eigenvalue weighted by Crippen LogP contribution is -2.29. The van der Waals surface area contributed by atoms with Crippen LogP contribution in [-0.2, 0) is 12.8 Å². The Morgan fingerprint density at radius 2 is 1.69 bits per heavy atom. The number of nitrogens with zero attached hydrogens (tertiary/aromatic N) is 3. The predicted octanol–water partition coefficient (Wildman–Crippen LogP) is 4.54. The van der Waals surface area contributed by atoms with E-state index in [1.54, 1.807) is 18.2 Å². The molecule has 0 spiro atoms. The highest BCUT2D eigenvalue weighted by Gasteiger charge is 2.45. The summed E-state index contributed by atoms with van der Waals surface area (Å²) >= 11 is 1.30. The fourth-order valence-corrected chi connectivity index (χ4v) is 5.30. The zero-order chi connectivity index (χ0) is 25.6. The zero-order valence-electron chi connectivity index (χ0n) is 20.6. The second kappa shape index (κ2) is 9.27. The molecule has 9 nitrogen and oxygen atoms in total. The third-order valence-corrected chi connectivity index (χ3v) is 7.38. The third kappa shape index (κ3) is 3.60. The minimum atomic E-state index is -0.829. The van der Waals surface area contributed by atoms with Crippen LogP contribution in [0, 0.1) is 0 Å². The number of ether oxygens (including phenoxy) is 3. The van der Waals surface area contributed by atoms with Crippen LogP contribution in [0.25, 0.3) is 11.0 Å². The largest absolute Gasteiger partial charge is 0.493 e. The fourth-order valence-electron chi connectivity index (χ4n) is 4.50. The van der Waals surface area contributed by atoms with E-state index in [1.807, 2.05) is 26.0 Å². The van der Waals surface area contributed by atoms with Gasteiger partial charge < -0.3 is 18.6 Å². The van der Waals surface area contributed by atoms with Crippen LogP contribution in [-0.4, -0.2) is 37.4 Å². The lowest BCUT2D eigenvalue weighted by atomic mass is 9.97. The Hall–Kier alpha value is -3.92. The Balaban J connectivity index is 1.82. The van der Waals surface area contributed by atoms with Crippen molar-refractivity contribution in [1.29, 1.82) is 0 Å². The molecule has 1 unspecified atom stereocenters. The van der Waals surface area contributed by atoms with E-state index in [0.29, 0.717) is 45.3 Å². The lowest BCUT2D eigenvalue weighted by Gasteiger charge is -2.24. The summed E-state index contributed by atoms with van der Waals surface area (Å²) in [6.07, 6.45) is 1.43. The molecule has 0 N–H and O–H groups in total. The van der Waals surface area contributed by atoms with E-state index in [-0.39, 0.29) is 16.8 Å². The lowest BCUT2D eigenvalue weighted by molar-refractivity contribution is 0.0970. The molecule has 0 radical (unpaired) electrons. The molecule has 36 heavy (non-hydrogen) atoms. The number of hydrogen-bond acceptors (Lipinski definition) is 9. The average molecular weight is 508 g/mol. The smallest absolute Gasteiger partial charge is 0.297 e. The number of aromatic nitrogens is 2. The van der Waals surface area contributed by atoms with E-state index in [9.17, 15) is 9.59 Å². The van der Waals surface area contributed by atoms with Crippen molar-refractivity contribution in [3.8, 4) is 17.2 Å². The van der Waals surface area contributed by atoms with Crippen LogP contribution in [0.3, 0.4) is 0 Å². The Bertz CT molecular complexity index is 1520. The van der Waals surface area contributed by atoms with Crippen LogP contribution in [0.4, 0.5) is 5.13 Å². The van der Waals surface area contributed by atoms with Crippen molar-refractivity contribution >= 4 is 33.3 Å². The van der Waals surface area contributed by atoms with Gasteiger partial charge in [-0.05, 0) is 48.2 Å². The van der Waals surface area contributed by atoms with Gasteiger partial charge in [-0.3, -0.25) is 14.5 Å². The summed E-state index contributed by atoms with van der Waals surface area (Å²) < 4.78 is 22.6. The van der Waals surface area contributed by atoms with E-state index in [1.165, 1.54) is 37.6 Å². The monoisotopic (exact) mass is 507 g/mol. The van der Waals surface area contributed by atoms with Gasteiger partial charge in [-0.15, -0.1) is 10.2 Å². The first-order valence-corrected chi connectivity index (χ1v) is 12.3. The first-order chi connectivity index (χ1) is 17.4. The van der Waals surface area contributed by atoms with Crippen molar-refractivity contribution in [1.82, 2.24) is 10.2 Å². The molecule has 0 fully saturated rings. The molecule has 1 aliphatic heterocycles. The van der Waals surface area contributed by atoms with Crippen LogP contribution in [0.15, 0.2) is 39.5 Å². The maximum Gasteiger partial charge on any atom is 0.297 e. The van der Waals surface area contributed by atoms with E-state index in [0.717, 1.165) is 17.0 Å². The van der Waals surface area contributed by atoms with E-state index < -0.39 is 11.9 Å². The van der Waals surface area contributed by atoms with Crippen LogP contribution in [0.2, 0.25) is 0 Å². The predicted molar refractivity (Wildman–Crippen MR) is 136 cm³/mol. The molecule has 3 heterocycles. The maximum atomic E-state index is 13.9. The quantitative estimate of drug-likeness (QED) is 0.359. The fraction of sp³-hybridized carbons (Fsp3) is 0.308. The van der Waals surface area contributed by atoms with E-state index in [2.05, 4.69) is 10.2 Å². The molecule has 1 atom stereocenters. The Morgan fingerprint density at radius 1 is 0.972 bits per heavy atom. The van der Waals surface area contributed by atoms with Crippen LogP contribution in [0.1, 0.15) is 52.1 Å². The Kier molecular flexibility index (Phi) is 6.13.